The lowest BCUT2D eigenvalue weighted by atomic mass is 9.89. The Kier molecular flexibility index (Phi) is 5.85. The summed E-state index contributed by atoms with van der Waals surface area (Å²) in [6.07, 6.45) is 8.36. The number of piperidine rings is 1. The average Bonchev–Trinajstić information content (AvgIpc) is 3.09. The number of likely N-dealkylation sites (tertiary alicyclic amines) is 1. The van der Waals surface area contributed by atoms with Crippen molar-refractivity contribution in [1.82, 2.24) is 9.88 Å². The Morgan fingerprint density at radius 3 is 2.63 bits per heavy atom. The number of nitrogens with zero attached hydrogens (tertiary/aromatic N) is 1. The van der Waals surface area contributed by atoms with Crippen molar-refractivity contribution < 1.29 is 0 Å². The van der Waals surface area contributed by atoms with Crippen molar-refractivity contribution in [2.45, 2.75) is 44.9 Å². The number of aromatic nitrogens is 1. The van der Waals surface area contributed by atoms with Gasteiger partial charge in [0.05, 0.1) is 10.5 Å². The highest BCUT2D eigenvalue weighted by atomic mass is 35.5. The van der Waals surface area contributed by atoms with Gasteiger partial charge in [-0.3, -0.25) is 0 Å². The molecule has 2 heterocycles. The maximum Gasteiger partial charge on any atom is 0.0649 e. The van der Waals surface area contributed by atoms with Crippen LogP contribution in [0, 0.1) is 6.92 Å². The zero-order valence-corrected chi connectivity index (χ0v) is 16.9. The molecule has 3 aromatic rings. The number of nitrogens with one attached hydrogen (secondary N) is 1. The van der Waals surface area contributed by atoms with Gasteiger partial charge in [0.25, 0.3) is 0 Å². The normalized spacial score (nSPS) is 16.2. The largest absolute Gasteiger partial charge is 0.360 e. The maximum absolute atomic E-state index is 6.36. The summed E-state index contributed by atoms with van der Waals surface area (Å²) in [7, 11) is 0. The van der Waals surface area contributed by atoms with E-state index < -0.39 is 0 Å². The van der Waals surface area contributed by atoms with Crippen LogP contribution in [-0.2, 0) is 6.42 Å². The van der Waals surface area contributed by atoms with E-state index in [0.717, 1.165) is 22.9 Å². The van der Waals surface area contributed by atoms with E-state index in [-0.39, 0.29) is 0 Å². The number of aromatic amines is 1. The lowest BCUT2D eigenvalue weighted by molar-refractivity contribution is 0.209. The highest BCUT2D eigenvalue weighted by Gasteiger charge is 2.19. The van der Waals surface area contributed by atoms with Crippen LogP contribution in [-0.4, -0.2) is 29.5 Å². The first-order chi connectivity index (χ1) is 13.2. The smallest absolute Gasteiger partial charge is 0.0649 e. The third-order valence-corrected chi connectivity index (χ3v) is 6.30. The third-order valence-electron chi connectivity index (χ3n) is 6.00. The molecule has 0 amide bonds. The van der Waals surface area contributed by atoms with Crippen LogP contribution in [0.25, 0.3) is 10.9 Å². The molecule has 0 aliphatic carbocycles. The summed E-state index contributed by atoms with van der Waals surface area (Å²) in [5.74, 6) is 0.752. The lowest BCUT2D eigenvalue weighted by Crippen LogP contribution is -2.33. The van der Waals surface area contributed by atoms with Gasteiger partial charge in [0.15, 0.2) is 0 Å². The topological polar surface area (TPSA) is 19.0 Å². The standard InChI is InChI=1S/C24H29ClN2/c1-18-15-22-21(17-26-24(22)23(25)16-18)9-5-6-12-27-13-10-20(11-14-27)19-7-3-2-4-8-19/h2-4,7-8,15-17,20,26H,5-6,9-14H2,1H3. The molecule has 142 valence electrons. The van der Waals surface area contributed by atoms with Gasteiger partial charge in [0.2, 0.25) is 0 Å². The van der Waals surface area contributed by atoms with Crippen LogP contribution in [0.2, 0.25) is 5.02 Å². The average molecular weight is 381 g/mol. The zero-order chi connectivity index (χ0) is 18.6. The Bertz CT molecular complexity index is 876. The number of hydrogen-bond acceptors (Lipinski definition) is 1. The van der Waals surface area contributed by atoms with Crippen molar-refractivity contribution in [3.8, 4) is 0 Å². The van der Waals surface area contributed by atoms with Gasteiger partial charge < -0.3 is 9.88 Å². The van der Waals surface area contributed by atoms with Crippen LogP contribution in [0.4, 0.5) is 0 Å². The molecule has 0 unspecified atom stereocenters. The first kappa shape index (κ1) is 18.6. The van der Waals surface area contributed by atoms with Gasteiger partial charge >= 0.3 is 0 Å². The van der Waals surface area contributed by atoms with E-state index in [1.54, 1.807) is 0 Å². The number of halogens is 1. The Morgan fingerprint density at radius 2 is 1.85 bits per heavy atom. The number of aryl methyl sites for hydroxylation is 2. The van der Waals surface area contributed by atoms with Crippen LogP contribution in [0.3, 0.4) is 0 Å². The van der Waals surface area contributed by atoms with Gasteiger partial charge in [0.1, 0.15) is 0 Å². The molecule has 0 bridgehead atoms. The molecule has 1 aliphatic heterocycles. The van der Waals surface area contributed by atoms with Gasteiger partial charge in [-0.05, 0) is 93.4 Å². The molecule has 2 aromatic carbocycles. The molecule has 1 saturated heterocycles. The van der Waals surface area contributed by atoms with Gasteiger partial charge in [0, 0.05) is 11.6 Å². The van der Waals surface area contributed by atoms with Crippen LogP contribution >= 0.6 is 11.6 Å². The van der Waals surface area contributed by atoms with E-state index in [1.165, 1.54) is 67.4 Å². The minimum Gasteiger partial charge on any atom is -0.360 e. The fourth-order valence-corrected chi connectivity index (χ4v) is 4.78. The van der Waals surface area contributed by atoms with E-state index in [2.05, 4.69) is 59.4 Å². The molecule has 1 N–H and O–H groups in total. The minimum atomic E-state index is 0.752. The zero-order valence-electron chi connectivity index (χ0n) is 16.2. The minimum absolute atomic E-state index is 0.752. The molecule has 0 saturated carbocycles. The third kappa shape index (κ3) is 4.39. The van der Waals surface area contributed by atoms with Crippen molar-refractivity contribution in [3.63, 3.8) is 0 Å². The monoisotopic (exact) mass is 380 g/mol. The van der Waals surface area contributed by atoms with E-state index in [9.17, 15) is 0 Å². The maximum atomic E-state index is 6.36. The summed E-state index contributed by atoms with van der Waals surface area (Å²) in [6, 6.07) is 15.3. The Hall–Kier alpha value is -1.77. The number of H-pyrrole nitrogens is 1. The Morgan fingerprint density at radius 1 is 1.07 bits per heavy atom. The molecule has 27 heavy (non-hydrogen) atoms. The summed E-state index contributed by atoms with van der Waals surface area (Å²) >= 11 is 6.36. The molecular formula is C24H29ClN2. The molecule has 0 atom stereocenters. The number of benzene rings is 2. The van der Waals surface area contributed by atoms with Crippen molar-refractivity contribution in [3.05, 3.63) is 70.4 Å². The molecule has 3 heteroatoms. The quantitative estimate of drug-likeness (QED) is 0.495. The second kappa shape index (κ2) is 8.50. The number of fused-ring (bicyclic) bond motifs is 1. The van der Waals surface area contributed by atoms with Crippen LogP contribution in [0.1, 0.15) is 48.3 Å². The van der Waals surface area contributed by atoms with Gasteiger partial charge in [-0.15, -0.1) is 0 Å². The first-order valence-corrected chi connectivity index (χ1v) is 10.6. The van der Waals surface area contributed by atoms with Crippen molar-refractivity contribution in [2.75, 3.05) is 19.6 Å². The van der Waals surface area contributed by atoms with E-state index in [4.69, 9.17) is 11.6 Å². The van der Waals surface area contributed by atoms with Gasteiger partial charge in [-0.1, -0.05) is 41.9 Å². The molecule has 2 nitrogen and oxygen atoms in total. The number of hydrogen-bond donors (Lipinski definition) is 1. The van der Waals surface area contributed by atoms with E-state index in [0.29, 0.717) is 0 Å². The van der Waals surface area contributed by atoms with E-state index in [1.807, 2.05) is 6.07 Å². The molecule has 1 aliphatic rings. The summed E-state index contributed by atoms with van der Waals surface area (Å²) in [5, 5.41) is 2.13. The molecule has 0 radical (unpaired) electrons. The highest BCUT2D eigenvalue weighted by Crippen LogP contribution is 2.29. The SMILES string of the molecule is Cc1cc(Cl)c2[nH]cc(CCCCN3CCC(c4ccccc4)CC3)c2c1. The van der Waals surface area contributed by atoms with Gasteiger partial charge in [-0.2, -0.15) is 0 Å². The summed E-state index contributed by atoms with van der Waals surface area (Å²) in [6.45, 7) is 5.81. The lowest BCUT2D eigenvalue weighted by Gasteiger charge is -2.32. The Labute approximate surface area is 167 Å². The second-order valence-corrected chi connectivity index (χ2v) is 8.37. The molecule has 4 rings (SSSR count). The van der Waals surface area contributed by atoms with Gasteiger partial charge in [-0.25, -0.2) is 0 Å². The van der Waals surface area contributed by atoms with Crippen LogP contribution in [0.15, 0.2) is 48.7 Å². The predicted octanol–water partition coefficient (Wildman–Crippen LogP) is 6.33. The second-order valence-electron chi connectivity index (χ2n) is 7.97. The highest BCUT2D eigenvalue weighted by molar-refractivity contribution is 6.35. The fourth-order valence-electron chi connectivity index (χ4n) is 4.45. The summed E-state index contributed by atoms with van der Waals surface area (Å²) in [5.41, 5.74) is 5.23. The number of rotatable bonds is 6. The van der Waals surface area contributed by atoms with E-state index >= 15 is 0 Å². The molecule has 1 aromatic heterocycles. The summed E-state index contributed by atoms with van der Waals surface area (Å²) < 4.78 is 0. The first-order valence-electron chi connectivity index (χ1n) is 10.2. The predicted molar refractivity (Wildman–Crippen MR) is 116 cm³/mol. The summed E-state index contributed by atoms with van der Waals surface area (Å²) in [4.78, 5) is 6.00. The fraction of sp³-hybridized carbons (Fsp3) is 0.417. The van der Waals surface area contributed by atoms with Crippen molar-refractivity contribution in [2.24, 2.45) is 0 Å². The van der Waals surface area contributed by atoms with Crippen LogP contribution in [0.5, 0.6) is 0 Å². The Balaban J connectivity index is 1.23. The molecule has 1 fully saturated rings. The van der Waals surface area contributed by atoms with Crippen molar-refractivity contribution >= 4 is 22.5 Å². The molecule has 0 spiro atoms. The van der Waals surface area contributed by atoms with Crippen LogP contribution < -0.4 is 0 Å². The van der Waals surface area contributed by atoms with Crippen molar-refractivity contribution in [1.29, 1.82) is 0 Å². The molecular weight excluding hydrogens is 352 g/mol. The number of unbranched alkanes of at least 4 members (excludes halogenated alkanes) is 1.